The zero-order chi connectivity index (χ0) is 22.2. The second-order valence-electron chi connectivity index (χ2n) is 8.27. The molecule has 2 aromatic rings. The van der Waals surface area contributed by atoms with Crippen LogP contribution in [0.25, 0.3) is 0 Å². The van der Waals surface area contributed by atoms with Crippen LogP contribution in [0.1, 0.15) is 36.8 Å². The molecular weight excluding hydrogens is 429 g/mol. The molecule has 1 N–H and O–H groups in total. The largest absolute Gasteiger partial charge is 0.299 e. The van der Waals surface area contributed by atoms with Crippen LogP contribution in [0, 0.1) is 23.4 Å². The van der Waals surface area contributed by atoms with Crippen molar-refractivity contribution in [1.82, 2.24) is 10.2 Å². The van der Waals surface area contributed by atoms with Crippen LogP contribution >= 0.6 is 11.6 Å². The minimum absolute atomic E-state index is 0.0728. The second kappa shape index (κ2) is 8.63. The van der Waals surface area contributed by atoms with Gasteiger partial charge in [0.1, 0.15) is 17.5 Å². The molecule has 0 aliphatic carbocycles. The summed E-state index contributed by atoms with van der Waals surface area (Å²) in [6, 6.07) is 7.95. The highest BCUT2D eigenvalue weighted by molar-refractivity contribution is 6.30. The van der Waals surface area contributed by atoms with E-state index in [0.29, 0.717) is 32.5 Å². The Hall–Kier alpha value is -2.38. The van der Waals surface area contributed by atoms with Gasteiger partial charge in [-0.25, -0.2) is 13.2 Å². The first-order chi connectivity index (χ1) is 14.8. The zero-order valence-electron chi connectivity index (χ0n) is 16.8. The molecule has 0 spiro atoms. The van der Waals surface area contributed by atoms with Gasteiger partial charge < -0.3 is 0 Å². The van der Waals surface area contributed by atoms with Gasteiger partial charge in [0.2, 0.25) is 11.8 Å². The Balaban J connectivity index is 1.56. The Kier molecular flexibility index (Phi) is 6.08. The number of rotatable bonds is 4. The van der Waals surface area contributed by atoms with Gasteiger partial charge in [-0.3, -0.25) is 19.8 Å². The van der Waals surface area contributed by atoms with Gasteiger partial charge in [0, 0.05) is 24.6 Å². The Bertz CT molecular complexity index is 1020. The lowest BCUT2D eigenvalue weighted by molar-refractivity contribution is -0.140. The maximum Gasteiger partial charge on any atom is 0.237 e. The summed E-state index contributed by atoms with van der Waals surface area (Å²) in [5, 5.41) is 2.44. The van der Waals surface area contributed by atoms with Crippen LogP contribution in [0.2, 0.25) is 5.02 Å². The molecule has 2 fully saturated rings. The summed E-state index contributed by atoms with van der Waals surface area (Å²) in [5.74, 6) is -3.07. The number of carbonyl (C=O) groups is 2. The molecule has 0 saturated carbocycles. The SMILES string of the molecule is O=C1CC[C@@](c2ccc(F)cc2F)(C2CCN(Cc3ccc(Cl)c(F)c3)CC2)C(=O)N1. The molecule has 1 atom stereocenters. The number of piperidine rings is 2. The Morgan fingerprint density at radius 1 is 1.03 bits per heavy atom. The van der Waals surface area contributed by atoms with Gasteiger partial charge >= 0.3 is 0 Å². The summed E-state index contributed by atoms with van der Waals surface area (Å²) < 4.78 is 42.0. The van der Waals surface area contributed by atoms with E-state index in [9.17, 15) is 22.8 Å². The highest BCUT2D eigenvalue weighted by atomic mass is 35.5. The predicted molar refractivity (Wildman–Crippen MR) is 110 cm³/mol. The standard InChI is InChI=1S/C23H22ClF3N2O2/c24-18-4-1-14(11-20(18)27)13-29-9-6-15(7-10-29)23(8-5-21(30)28-22(23)31)17-3-2-16(25)12-19(17)26/h1-4,11-12,15H,5-10,13H2,(H,28,30,31)/t23-/m0/s1. The lowest BCUT2D eigenvalue weighted by Crippen LogP contribution is -2.57. The van der Waals surface area contributed by atoms with E-state index in [2.05, 4.69) is 10.2 Å². The van der Waals surface area contributed by atoms with Crippen molar-refractivity contribution in [3.8, 4) is 0 Å². The van der Waals surface area contributed by atoms with Crippen molar-refractivity contribution in [2.24, 2.45) is 5.92 Å². The summed E-state index contributed by atoms with van der Waals surface area (Å²) >= 11 is 5.74. The second-order valence-corrected chi connectivity index (χ2v) is 8.68. The fourth-order valence-corrected chi connectivity index (χ4v) is 5.04. The van der Waals surface area contributed by atoms with Crippen molar-refractivity contribution in [2.45, 2.75) is 37.6 Å². The third-order valence-corrected chi connectivity index (χ3v) is 6.80. The van der Waals surface area contributed by atoms with E-state index in [0.717, 1.165) is 17.7 Å². The highest BCUT2D eigenvalue weighted by Crippen LogP contribution is 2.45. The van der Waals surface area contributed by atoms with Crippen LogP contribution in [0.15, 0.2) is 36.4 Å². The average Bonchev–Trinajstić information content (AvgIpc) is 2.72. The van der Waals surface area contributed by atoms with Gasteiger partial charge in [0.15, 0.2) is 0 Å². The molecule has 2 amide bonds. The summed E-state index contributed by atoms with van der Waals surface area (Å²) in [6.07, 6.45) is 1.48. The van der Waals surface area contributed by atoms with E-state index < -0.39 is 28.8 Å². The minimum atomic E-state index is -1.22. The number of benzene rings is 2. The van der Waals surface area contributed by atoms with Gasteiger partial charge in [-0.15, -0.1) is 0 Å². The summed E-state index contributed by atoms with van der Waals surface area (Å²) in [5.41, 5.74) is -0.290. The molecule has 0 aromatic heterocycles. The molecule has 0 radical (unpaired) electrons. The van der Waals surface area contributed by atoms with E-state index >= 15 is 0 Å². The molecule has 8 heteroatoms. The number of halogens is 4. The van der Waals surface area contributed by atoms with E-state index in [1.54, 1.807) is 6.07 Å². The van der Waals surface area contributed by atoms with E-state index in [1.807, 2.05) is 0 Å². The number of amides is 2. The number of hydrogen-bond acceptors (Lipinski definition) is 3. The third kappa shape index (κ3) is 4.21. The number of hydrogen-bond donors (Lipinski definition) is 1. The van der Waals surface area contributed by atoms with Gasteiger partial charge in [-0.05, 0) is 62.0 Å². The number of imide groups is 1. The van der Waals surface area contributed by atoms with E-state index in [-0.39, 0.29) is 35.3 Å². The predicted octanol–water partition coefficient (Wildman–Crippen LogP) is 4.34. The lowest BCUT2D eigenvalue weighted by atomic mass is 9.62. The maximum atomic E-state index is 14.8. The highest BCUT2D eigenvalue weighted by Gasteiger charge is 2.51. The number of nitrogens with zero attached hydrogens (tertiary/aromatic N) is 1. The molecule has 31 heavy (non-hydrogen) atoms. The molecule has 2 aliphatic rings. The summed E-state index contributed by atoms with van der Waals surface area (Å²) in [7, 11) is 0. The van der Waals surface area contributed by atoms with Gasteiger partial charge in [-0.1, -0.05) is 23.7 Å². The number of carbonyl (C=O) groups excluding carboxylic acids is 2. The molecule has 0 unspecified atom stereocenters. The average molecular weight is 451 g/mol. The van der Waals surface area contributed by atoms with Crippen LogP contribution in [-0.4, -0.2) is 29.8 Å². The molecule has 2 heterocycles. The number of nitrogens with one attached hydrogen (secondary N) is 1. The first-order valence-corrected chi connectivity index (χ1v) is 10.6. The Morgan fingerprint density at radius 3 is 2.42 bits per heavy atom. The van der Waals surface area contributed by atoms with Gasteiger partial charge in [-0.2, -0.15) is 0 Å². The fraction of sp³-hybridized carbons (Fsp3) is 0.391. The Labute approximate surface area is 183 Å². The van der Waals surface area contributed by atoms with Crippen molar-refractivity contribution in [2.75, 3.05) is 13.1 Å². The maximum absolute atomic E-state index is 14.8. The molecule has 2 aromatic carbocycles. The third-order valence-electron chi connectivity index (χ3n) is 6.49. The molecule has 2 saturated heterocycles. The lowest BCUT2D eigenvalue weighted by Gasteiger charge is -2.45. The van der Waals surface area contributed by atoms with Crippen LogP contribution in [0.3, 0.4) is 0 Å². The van der Waals surface area contributed by atoms with E-state index in [1.165, 1.54) is 18.2 Å². The summed E-state index contributed by atoms with van der Waals surface area (Å²) in [6.45, 7) is 1.78. The monoisotopic (exact) mass is 450 g/mol. The van der Waals surface area contributed by atoms with Crippen LogP contribution in [0.4, 0.5) is 13.2 Å². The quantitative estimate of drug-likeness (QED) is 0.705. The van der Waals surface area contributed by atoms with Crippen molar-refractivity contribution in [3.63, 3.8) is 0 Å². The van der Waals surface area contributed by atoms with E-state index in [4.69, 9.17) is 11.6 Å². The first kappa shape index (κ1) is 21.8. The van der Waals surface area contributed by atoms with Crippen molar-refractivity contribution >= 4 is 23.4 Å². The molecule has 164 valence electrons. The summed E-state index contributed by atoms with van der Waals surface area (Å²) in [4.78, 5) is 27.0. The topological polar surface area (TPSA) is 49.4 Å². The van der Waals surface area contributed by atoms with Gasteiger partial charge in [0.05, 0.1) is 10.4 Å². The van der Waals surface area contributed by atoms with Crippen LogP contribution in [0.5, 0.6) is 0 Å². The van der Waals surface area contributed by atoms with Crippen LogP contribution < -0.4 is 5.32 Å². The van der Waals surface area contributed by atoms with Crippen molar-refractivity contribution in [1.29, 1.82) is 0 Å². The minimum Gasteiger partial charge on any atom is -0.299 e. The Morgan fingerprint density at radius 2 is 1.77 bits per heavy atom. The molecule has 2 aliphatic heterocycles. The smallest absolute Gasteiger partial charge is 0.237 e. The first-order valence-electron chi connectivity index (χ1n) is 10.3. The van der Waals surface area contributed by atoms with Crippen molar-refractivity contribution in [3.05, 3.63) is 70.0 Å². The molecule has 4 rings (SSSR count). The molecular formula is C23H22ClF3N2O2. The zero-order valence-corrected chi connectivity index (χ0v) is 17.5. The number of likely N-dealkylation sites (tertiary alicyclic amines) is 1. The molecule has 0 bridgehead atoms. The van der Waals surface area contributed by atoms with Gasteiger partial charge in [0.25, 0.3) is 0 Å². The molecule has 4 nitrogen and oxygen atoms in total. The van der Waals surface area contributed by atoms with Crippen molar-refractivity contribution < 1.29 is 22.8 Å². The fourth-order valence-electron chi connectivity index (χ4n) is 4.92. The van der Waals surface area contributed by atoms with Crippen LogP contribution in [-0.2, 0) is 21.5 Å². The normalized spacial score (nSPS) is 23.1.